The fraction of sp³-hybridized carbons (Fsp3) is 0.480. The summed E-state index contributed by atoms with van der Waals surface area (Å²) in [5, 5.41) is 1.37. The minimum atomic E-state index is -0.0366. The standard InChI is InChI=1S/C25H26N2O5S2/c28-18(15-7-8-19-20(12-15)32-11-10-31-19)14-33-25-26-23-22(17-5-1-2-6-21(17)34-23)24(29)27(25)13-16-4-3-9-30-16/h7-8,12,16H,1-6,9-11,13-14H2. The Morgan fingerprint density at radius 1 is 1.12 bits per heavy atom. The van der Waals surface area contributed by atoms with Crippen molar-refractivity contribution in [2.75, 3.05) is 25.6 Å². The summed E-state index contributed by atoms with van der Waals surface area (Å²) in [7, 11) is 0. The molecule has 2 aromatic heterocycles. The van der Waals surface area contributed by atoms with E-state index < -0.39 is 0 Å². The molecule has 9 heteroatoms. The Kier molecular flexibility index (Phi) is 6.09. The zero-order valence-corrected chi connectivity index (χ0v) is 20.5. The second-order valence-corrected chi connectivity index (χ2v) is 10.9. The lowest BCUT2D eigenvalue weighted by molar-refractivity contribution is 0.0937. The lowest BCUT2D eigenvalue weighted by Gasteiger charge is -2.18. The molecular weight excluding hydrogens is 472 g/mol. The van der Waals surface area contributed by atoms with Gasteiger partial charge in [0.15, 0.2) is 22.4 Å². The first-order valence-electron chi connectivity index (χ1n) is 11.9. The number of benzene rings is 1. The Morgan fingerprint density at radius 2 is 1.97 bits per heavy atom. The van der Waals surface area contributed by atoms with E-state index in [1.807, 2.05) is 0 Å². The van der Waals surface area contributed by atoms with Crippen LogP contribution in [0.5, 0.6) is 11.5 Å². The molecule has 1 fully saturated rings. The van der Waals surface area contributed by atoms with E-state index in [4.69, 9.17) is 19.2 Å². The molecule has 3 aliphatic rings. The highest BCUT2D eigenvalue weighted by Gasteiger charge is 2.25. The molecule has 0 radical (unpaired) electrons. The summed E-state index contributed by atoms with van der Waals surface area (Å²) in [6.07, 6.45) is 6.20. The lowest BCUT2D eigenvalue weighted by Crippen LogP contribution is -2.29. The van der Waals surface area contributed by atoms with Gasteiger partial charge in [0.2, 0.25) is 0 Å². The highest BCUT2D eigenvalue weighted by molar-refractivity contribution is 7.99. The summed E-state index contributed by atoms with van der Waals surface area (Å²) in [5.74, 6) is 1.41. The maximum Gasteiger partial charge on any atom is 0.263 e. The molecule has 2 aliphatic heterocycles. The van der Waals surface area contributed by atoms with Gasteiger partial charge in [-0.2, -0.15) is 0 Å². The predicted octanol–water partition coefficient (Wildman–Crippen LogP) is 4.26. The number of thiophene rings is 1. The summed E-state index contributed by atoms with van der Waals surface area (Å²) in [5.41, 5.74) is 1.76. The van der Waals surface area contributed by atoms with Gasteiger partial charge in [0.1, 0.15) is 18.0 Å². The number of hydrogen-bond donors (Lipinski definition) is 0. The Hall–Kier alpha value is -2.36. The van der Waals surface area contributed by atoms with E-state index in [0.29, 0.717) is 42.0 Å². The molecule has 0 N–H and O–H groups in total. The average Bonchev–Trinajstić information content (AvgIpc) is 3.51. The molecule has 7 nitrogen and oxygen atoms in total. The second-order valence-electron chi connectivity index (χ2n) is 8.91. The number of nitrogens with zero attached hydrogens (tertiary/aromatic N) is 2. The van der Waals surface area contributed by atoms with Crippen LogP contribution in [0, 0.1) is 0 Å². The van der Waals surface area contributed by atoms with Gasteiger partial charge in [-0.1, -0.05) is 11.8 Å². The van der Waals surface area contributed by atoms with Crippen LogP contribution in [-0.4, -0.2) is 47.0 Å². The monoisotopic (exact) mass is 498 g/mol. The van der Waals surface area contributed by atoms with Gasteiger partial charge in [-0.05, 0) is 62.3 Å². The van der Waals surface area contributed by atoms with E-state index in [2.05, 4.69) is 0 Å². The number of ketones is 1. The molecule has 34 heavy (non-hydrogen) atoms. The maximum atomic E-state index is 13.7. The Labute approximate surface area is 205 Å². The highest BCUT2D eigenvalue weighted by Crippen LogP contribution is 2.35. The van der Waals surface area contributed by atoms with Crippen LogP contribution in [0.2, 0.25) is 0 Å². The van der Waals surface area contributed by atoms with Gasteiger partial charge >= 0.3 is 0 Å². The molecular formula is C25H26N2O5S2. The van der Waals surface area contributed by atoms with Crippen molar-refractivity contribution < 1.29 is 19.0 Å². The van der Waals surface area contributed by atoms with Crippen molar-refractivity contribution in [2.24, 2.45) is 0 Å². The third-order valence-corrected chi connectivity index (χ3v) is 8.81. The number of hydrogen-bond acceptors (Lipinski definition) is 8. The zero-order chi connectivity index (χ0) is 23.1. The minimum absolute atomic E-state index is 0.00850. The maximum absolute atomic E-state index is 13.7. The number of carbonyl (C=O) groups excluding carboxylic acids is 1. The molecule has 4 heterocycles. The van der Waals surface area contributed by atoms with Crippen molar-refractivity contribution >= 4 is 39.1 Å². The van der Waals surface area contributed by atoms with Gasteiger partial charge in [-0.25, -0.2) is 4.98 Å². The number of thioether (sulfide) groups is 1. The number of rotatable bonds is 6. The molecule has 0 bridgehead atoms. The summed E-state index contributed by atoms with van der Waals surface area (Å²) < 4.78 is 18.8. The van der Waals surface area contributed by atoms with Crippen molar-refractivity contribution in [1.29, 1.82) is 0 Å². The normalized spacial score (nSPS) is 19.4. The number of fused-ring (bicyclic) bond motifs is 4. The summed E-state index contributed by atoms with van der Waals surface area (Å²) >= 11 is 2.97. The lowest BCUT2D eigenvalue weighted by atomic mass is 9.97. The van der Waals surface area contributed by atoms with Crippen molar-refractivity contribution in [3.05, 3.63) is 44.6 Å². The molecule has 0 saturated carbocycles. The molecule has 6 rings (SSSR count). The van der Waals surface area contributed by atoms with Gasteiger partial charge in [-0.15, -0.1) is 11.3 Å². The smallest absolute Gasteiger partial charge is 0.263 e. The van der Waals surface area contributed by atoms with Crippen LogP contribution in [0.3, 0.4) is 0 Å². The minimum Gasteiger partial charge on any atom is -0.486 e. The number of aromatic nitrogens is 2. The SMILES string of the molecule is O=C(CSc1nc2sc3c(c2c(=O)n1CC1CCCO1)CCCC3)c1ccc2c(c1)OCCO2. The first kappa shape index (κ1) is 22.1. The Balaban J connectivity index is 1.31. The number of ether oxygens (including phenoxy) is 3. The van der Waals surface area contributed by atoms with E-state index in [9.17, 15) is 9.59 Å². The van der Waals surface area contributed by atoms with Gasteiger partial charge in [0.05, 0.1) is 23.8 Å². The quantitative estimate of drug-likeness (QED) is 0.285. The van der Waals surface area contributed by atoms with Gasteiger partial charge in [0.25, 0.3) is 5.56 Å². The van der Waals surface area contributed by atoms with Crippen molar-refractivity contribution in [3.63, 3.8) is 0 Å². The number of aryl methyl sites for hydroxylation is 2. The first-order valence-corrected chi connectivity index (χ1v) is 13.7. The topological polar surface area (TPSA) is 79.7 Å². The summed E-state index contributed by atoms with van der Waals surface area (Å²) in [6, 6.07) is 5.28. The van der Waals surface area contributed by atoms with Crippen molar-refractivity contribution in [1.82, 2.24) is 9.55 Å². The highest BCUT2D eigenvalue weighted by atomic mass is 32.2. The van der Waals surface area contributed by atoms with E-state index in [1.165, 1.54) is 22.2 Å². The Morgan fingerprint density at radius 3 is 2.82 bits per heavy atom. The van der Waals surface area contributed by atoms with E-state index in [0.717, 1.165) is 55.3 Å². The third kappa shape index (κ3) is 4.14. The number of Topliss-reactive ketones (excluding diaryl/α,β-unsaturated/α-hetero) is 1. The van der Waals surface area contributed by atoms with Crippen LogP contribution < -0.4 is 15.0 Å². The average molecular weight is 499 g/mol. The number of carbonyl (C=O) groups is 1. The molecule has 1 saturated heterocycles. The van der Waals surface area contributed by atoms with Gasteiger partial charge in [-0.3, -0.25) is 14.2 Å². The van der Waals surface area contributed by atoms with Crippen LogP contribution in [0.1, 0.15) is 46.5 Å². The molecule has 0 amide bonds. The van der Waals surface area contributed by atoms with Crippen LogP contribution in [0.4, 0.5) is 0 Å². The van der Waals surface area contributed by atoms with E-state index in [1.54, 1.807) is 34.1 Å². The first-order chi connectivity index (χ1) is 16.7. The molecule has 3 aromatic rings. The molecule has 1 atom stereocenters. The van der Waals surface area contributed by atoms with Crippen LogP contribution in [0.15, 0.2) is 28.2 Å². The zero-order valence-electron chi connectivity index (χ0n) is 18.8. The second kappa shape index (κ2) is 9.36. The van der Waals surface area contributed by atoms with E-state index in [-0.39, 0.29) is 23.2 Å². The summed E-state index contributed by atoms with van der Waals surface area (Å²) in [4.78, 5) is 33.7. The third-order valence-electron chi connectivity index (χ3n) is 6.65. The van der Waals surface area contributed by atoms with Crippen LogP contribution in [-0.2, 0) is 24.1 Å². The Bertz CT molecular complexity index is 1310. The largest absolute Gasteiger partial charge is 0.486 e. The van der Waals surface area contributed by atoms with Crippen LogP contribution in [0.25, 0.3) is 10.2 Å². The van der Waals surface area contributed by atoms with Gasteiger partial charge in [0, 0.05) is 17.0 Å². The van der Waals surface area contributed by atoms with Crippen molar-refractivity contribution in [3.8, 4) is 11.5 Å². The molecule has 178 valence electrons. The molecule has 1 aliphatic carbocycles. The van der Waals surface area contributed by atoms with Gasteiger partial charge < -0.3 is 14.2 Å². The molecule has 1 aromatic carbocycles. The fourth-order valence-electron chi connectivity index (χ4n) is 4.91. The molecule has 1 unspecified atom stereocenters. The summed E-state index contributed by atoms with van der Waals surface area (Å²) in [6.45, 7) is 2.20. The molecule has 0 spiro atoms. The van der Waals surface area contributed by atoms with E-state index >= 15 is 0 Å². The fourth-order valence-corrected chi connectivity index (χ4v) is 7.12. The van der Waals surface area contributed by atoms with Crippen LogP contribution >= 0.6 is 23.1 Å². The van der Waals surface area contributed by atoms with Crippen molar-refractivity contribution in [2.45, 2.75) is 56.3 Å². The predicted molar refractivity (Wildman–Crippen MR) is 132 cm³/mol.